The number of aromatic carboxylic acids is 1. The van der Waals surface area contributed by atoms with E-state index < -0.39 is 5.97 Å². The molecule has 0 saturated heterocycles. The number of allylic oxidation sites excluding steroid dienone is 1. The van der Waals surface area contributed by atoms with Gasteiger partial charge in [0.2, 0.25) is 5.91 Å². The van der Waals surface area contributed by atoms with Crippen LogP contribution in [0.1, 0.15) is 40.1 Å². The van der Waals surface area contributed by atoms with Crippen molar-refractivity contribution in [3.63, 3.8) is 0 Å². The summed E-state index contributed by atoms with van der Waals surface area (Å²) in [5.74, 6) is -1.11. The molecule has 0 radical (unpaired) electrons. The quantitative estimate of drug-likeness (QED) is 0.804. The lowest BCUT2D eigenvalue weighted by atomic mass is 10.1. The molecular formula is C13H15NO3S. The zero-order valence-corrected chi connectivity index (χ0v) is 10.8. The minimum Gasteiger partial charge on any atom is -0.478 e. The third-order valence-electron chi connectivity index (χ3n) is 2.96. The van der Waals surface area contributed by atoms with E-state index in [0.29, 0.717) is 23.4 Å². The second-order valence-corrected chi connectivity index (χ2v) is 5.35. The van der Waals surface area contributed by atoms with Crippen LogP contribution in [0, 0.1) is 0 Å². The summed E-state index contributed by atoms with van der Waals surface area (Å²) in [5, 5.41) is 12.4. The molecule has 1 aliphatic carbocycles. The van der Waals surface area contributed by atoms with Crippen LogP contribution in [0.5, 0.6) is 0 Å². The fraction of sp³-hybridized carbons (Fsp3) is 0.385. The van der Waals surface area contributed by atoms with Gasteiger partial charge in [-0.05, 0) is 31.2 Å². The van der Waals surface area contributed by atoms with Crippen molar-refractivity contribution in [3.8, 4) is 0 Å². The second-order valence-electron chi connectivity index (χ2n) is 4.24. The number of aryl methyl sites for hydroxylation is 1. The van der Waals surface area contributed by atoms with E-state index in [2.05, 4.69) is 11.9 Å². The van der Waals surface area contributed by atoms with E-state index in [9.17, 15) is 14.7 Å². The van der Waals surface area contributed by atoms with Gasteiger partial charge < -0.3 is 10.4 Å². The molecule has 0 saturated carbocycles. The Labute approximate surface area is 109 Å². The average Bonchev–Trinajstić information content (AvgIpc) is 2.85. The maximum atomic E-state index is 11.6. The van der Waals surface area contributed by atoms with Gasteiger partial charge in [0.15, 0.2) is 0 Å². The maximum absolute atomic E-state index is 11.6. The van der Waals surface area contributed by atoms with E-state index in [1.165, 1.54) is 11.3 Å². The van der Waals surface area contributed by atoms with Crippen LogP contribution in [0.3, 0.4) is 0 Å². The Morgan fingerprint density at radius 1 is 1.44 bits per heavy atom. The molecule has 0 aliphatic heterocycles. The second kappa shape index (κ2) is 5.35. The first kappa shape index (κ1) is 12.8. The number of rotatable bonds is 5. The number of hydrogen-bond acceptors (Lipinski definition) is 3. The van der Waals surface area contributed by atoms with Crippen molar-refractivity contribution in [1.82, 2.24) is 0 Å². The molecule has 2 rings (SSSR count). The van der Waals surface area contributed by atoms with Crippen molar-refractivity contribution in [3.05, 3.63) is 28.7 Å². The molecule has 0 unspecified atom stereocenters. The topological polar surface area (TPSA) is 66.4 Å². The molecule has 1 aromatic rings. The Balaban J connectivity index is 2.20. The van der Waals surface area contributed by atoms with Gasteiger partial charge in [0.1, 0.15) is 5.00 Å². The van der Waals surface area contributed by atoms with Crippen LogP contribution in [0.2, 0.25) is 0 Å². The van der Waals surface area contributed by atoms with Crippen molar-refractivity contribution in [2.45, 2.75) is 32.1 Å². The van der Waals surface area contributed by atoms with Gasteiger partial charge in [0, 0.05) is 11.3 Å². The van der Waals surface area contributed by atoms with Gasteiger partial charge in [-0.25, -0.2) is 4.79 Å². The predicted octanol–water partition coefficient (Wildman–Crippen LogP) is 2.84. The van der Waals surface area contributed by atoms with E-state index in [1.54, 1.807) is 6.08 Å². The largest absolute Gasteiger partial charge is 0.478 e. The normalized spacial score (nSPS) is 13.1. The van der Waals surface area contributed by atoms with Crippen LogP contribution in [0.25, 0.3) is 0 Å². The summed E-state index contributed by atoms with van der Waals surface area (Å²) in [7, 11) is 0. The molecule has 1 heterocycles. The summed E-state index contributed by atoms with van der Waals surface area (Å²) in [4.78, 5) is 24.0. The molecule has 1 aromatic heterocycles. The lowest BCUT2D eigenvalue weighted by molar-refractivity contribution is -0.116. The van der Waals surface area contributed by atoms with Gasteiger partial charge in [-0.3, -0.25) is 4.79 Å². The summed E-state index contributed by atoms with van der Waals surface area (Å²) < 4.78 is 0. The lowest BCUT2D eigenvalue weighted by Gasteiger charge is -2.04. The van der Waals surface area contributed by atoms with Crippen molar-refractivity contribution in [2.24, 2.45) is 0 Å². The fourth-order valence-corrected chi connectivity index (χ4v) is 3.44. The molecular weight excluding hydrogens is 250 g/mol. The first-order chi connectivity index (χ1) is 8.63. The highest BCUT2D eigenvalue weighted by Crippen LogP contribution is 2.39. The number of fused-ring (bicyclic) bond motifs is 1. The molecule has 2 N–H and O–H groups in total. The number of amides is 1. The summed E-state index contributed by atoms with van der Waals surface area (Å²) in [6.07, 6.45) is 5.33. The van der Waals surface area contributed by atoms with Gasteiger partial charge in [0.05, 0.1) is 5.56 Å². The summed E-state index contributed by atoms with van der Waals surface area (Å²) >= 11 is 1.40. The van der Waals surface area contributed by atoms with E-state index in [4.69, 9.17) is 0 Å². The molecule has 5 heteroatoms. The van der Waals surface area contributed by atoms with Crippen LogP contribution in [0.4, 0.5) is 5.00 Å². The van der Waals surface area contributed by atoms with Gasteiger partial charge in [-0.15, -0.1) is 17.9 Å². The van der Waals surface area contributed by atoms with Gasteiger partial charge in [0.25, 0.3) is 0 Å². The molecule has 0 aromatic carbocycles. The van der Waals surface area contributed by atoms with Crippen molar-refractivity contribution >= 4 is 28.2 Å². The van der Waals surface area contributed by atoms with E-state index in [1.807, 2.05) is 0 Å². The number of carboxylic acids is 1. The van der Waals surface area contributed by atoms with E-state index >= 15 is 0 Å². The van der Waals surface area contributed by atoms with Crippen molar-refractivity contribution < 1.29 is 14.7 Å². The highest BCUT2D eigenvalue weighted by Gasteiger charge is 2.26. The number of carboxylic acid groups (broad SMARTS) is 1. The number of hydrogen-bond donors (Lipinski definition) is 2. The number of carbonyl (C=O) groups excluding carboxylic acids is 1. The van der Waals surface area contributed by atoms with Gasteiger partial charge >= 0.3 is 5.97 Å². The SMILES string of the molecule is C=CCCC(=O)Nc1sc2c(c1C(=O)O)CCC2. The molecule has 0 fully saturated rings. The number of nitrogens with one attached hydrogen (secondary N) is 1. The first-order valence-corrected chi connectivity index (χ1v) is 6.73. The van der Waals surface area contributed by atoms with Crippen LogP contribution in [-0.2, 0) is 17.6 Å². The standard InChI is InChI=1S/C13H15NO3S/c1-2-3-7-10(15)14-12-11(13(16)17)8-5-4-6-9(8)18-12/h2H,1,3-7H2,(H,14,15)(H,16,17). The molecule has 0 spiro atoms. The minimum absolute atomic E-state index is 0.155. The third kappa shape index (κ3) is 2.46. The zero-order valence-electron chi connectivity index (χ0n) is 9.99. The Hall–Kier alpha value is -1.62. The molecule has 0 atom stereocenters. The minimum atomic E-state index is -0.951. The van der Waals surface area contributed by atoms with Crippen molar-refractivity contribution in [2.75, 3.05) is 5.32 Å². The molecule has 96 valence electrons. The predicted molar refractivity (Wildman–Crippen MR) is 71.4 cm³/mol. The van der Waals surface area contributed by atoms with Crippen LogP contribution in [0.15, 0.2) is 12.7 Å². The molecule has 1 aliphatic rings. The average molecular weight is 265 g/mol. The molecule has 4 nitrogen and oxygen atoms in total. The maximum Gasteiger partial charge on any atom is 0.339 e. The molecule has 0 bridgehead atoms. The Kier molecular flexibility index (Phi) is 3.81. The highest BCUT2D eigenvalue weighted by molar-refractivity contribution is 7.17. The summed E-state index contributed by atoms with van der Waals surface area (Å²) in [6, 6.07) is 0. The zero-order chi connectivity index (χ0) is 13.1. The number of carbonyl (C=O) groups is 2. The van der Waals surface area contributed by atoms with E-state index in [-0.39, 0.29) is 5.91 Å². The van der Waals surface area contributed by atoms with Gasteiger partial charge in [-0.2, -0.15) is 0 Å². The van der Waals surface area contributed by atoms with Crippen LogP contribution < -0.4 is 5.32 Å². The summed E-state index contributed by atoms with van der Waals surface area (Å²) in [6.45, 7) is 3.55. The van der Waals surface area contributed by atoms with Crippen molar-refractivity contribution in [1.29, 1.82) is 0 Å². The van der Waals surface area contributed by atoms with Crippen LogP contribution >= 0.6 is 11.3 Å². The fourth-order valence-electron chi connectivity index (χ4n) is 2.14. The van der Waals surface area contributed by atoms with Gasteiger partial charge in [-0.1, -0.05) is 6.08 Å². The third-order valence-corrected chi connectivity index (χ3v) is 4.17. The number of anilines is 1. The Morgan fingerprint density at radius 3 is 2.89 bits per heavy atom. The van der Waals surface area contributed by atoms with Crippen LogP contribution in [-0.4, -0.2) is 17.0 Å². The molecule has 1 amide bonds. The Morgan fingerprint density at radius 2 is 2.22 bits per heavy atom. The highest BCUT2D eigenvalue weighted by atomic mass is 32.1. The smallest absolute Gasteiger partial charge is 0.339 e. The first-order valence-electron chi connectivity index (χ1n) is 5.92. The molecule has 18 heavy (non-hydrogen) atoms. The Bertz CT molecular complexity index is 505. The monoisotopic (exact) mass is 265 g/mol. The summed E-state index contributed by atoms with van der Waals surface area (Å²) in [5.41, 5.74) is 1.20. The van der Waals surface area contributed by atoms with E-state index in [0.717, 1.165) is 29.7 Å². The number of thiophene rings is 1. The lowest BCUT2D eigenvalue weighted by Crippen LogP contribution is -2.13.